The van der Waals surface area contributed by atoms with Crippen LogP contribution in [-0.4, -0.2) is 26.0 Å². The first kappa shape index (κ1) is 15.7. The second kappa shape index (κ2) is 7.92. The minimum absolute atomic E-state index is 0.262. The Labute approximate surface area is 122 Å². The third-order valence-electron chi connectivity index (χ3n) is 2.67. The predicted molar refractivity (Wildman–Crippen MR) is 81.7 cm³/mol. The molecule has 1 rings (SSSR count). The van der Waals surface area contributed by atoms with Crippen molar-refractivity contribution in [2.24, 2.45) is 5.73 Å². The van der Waals surface area contributed by atoms with Crippen LogP contribution in [0.4, 0.5) is 0 Å². The van der Waals surface area contributed by atoms with E-state index in [1.807, 2.05) is 23.9 Å². The van der Waals surface area contributed by atoms with E-state index >= 15 is 0 Å². The Hall–Kier alpha value is -0.390. The molecule has 5 heteroatoms. The minimum atomic E-state index is 0.262. The molecule has 0 spiro atoms. The van der Waals surface area contributed by atoms with Gasteiger partial charge in [-0.3, -0.25) is 0 Å². The molecule has 0 saturated carbocycles. The zero-order chi connectivity index (χ0) is 13.5. The van der Waals surface area contributed by atoms with E-state index in [0.717, 1.165) is 39.5 Å². The molecule has 102 valence electrons. The van der Waals surface area contributed by atoms with Crippen LogP contribution in [0.25, 0.3) is 0 Å². The zero-order valence-electron chi connectivity index (χ0n) is 11.0. The van der Waals surface area contributed by atoms with Crippen molar-refractivity contribution in [2.45, 2.75) is 25.1 Å². The molecule has 0 aliphatic rings. The lowest BCUT2D eigenvalue weighted by molar-refractivity contribution is 0.398. The van der Waals surface area contributed by atoms with Gasteiger partial charge in [-0.05, 0) is 34.5 Å². The molecule has 0 heterocycles. The summed E-state index contributed by atoms with van der Waals surface area (Å²) < 4.78 is 11.6. The van der Waals surface area contributed by atoms with Gasteiger partial charge in [0.2, 0.25) is 0 Å². The molecule has 2 N–H and O–H groups in total. The molecule has 1 unspecified atom stereocenters. The molecular weight excluding hydrogens is 314 g/mol. The lowest BCUT2D eigenvalue weighted by atomic mass is 10.2. The summed E-state index contributed by atoms with van der Waals surface area (Å²) in [7, 11) is 3.34. The zero-order valence-corrected chi connectivity index (χ0v) is 13.4. The first-order chi connectivity index (χ1) is 8.62. The fraction of sp³-hybridized carbons (Fsp3) is 0.538. The lowest BCUT2D eigenvalue weighted by Crippen LogP contribution is -2.21. The summed E-state index contributed by atoms with van der Waals surface area (Å²) in [6.45, 7) is 2.11. The first-order valence-corrected chi connectivity index (χ1v) is 7.80. The maximum atomic E-state index is 5.90. The Morgan fingerprint density at radius 1 is 1.28 bits per heavy atom. The van der Waals surface area contributed by atoms with Crippen LogP contribution in [0.3, 0.4) is 0 Å². The van der Waals surface area contributed by atoms with Gasteiger partial charge in [-0.15, -0.1) is 0 Å². The van der Waals surface area contributed by atoms with Gasteiger partial charge in [0.1, 0.15) is 11.5 Å². The van der Waals surface area contributed by atoms with Crippen LogP contribution >= 0.6 is 27.7 Å². The average molecular weight is 334 g/mol. The third kappa shape index (κ3) is 4.37. The number of halogens is 1. The van der Waals surface area contributed by atoms with Crippen molar-refractivity contribution in [3.63, 3.8) is 0 Å². The highest BCUT2D eigenvalue weighted by molar-refractivity contribution is 9.10. The van der Waals surface area contributed by atoms with Crippen LogP contribution in [-0.2, 0) is 5.75 Å². The lowest BCUT2D eigenvalue weighted by Gasteiger charge is -2.13. The van der Waals surface area contributed by atoms with Gasteiger partial charge in [0.25, 0.3) is 0 Å². The summed E-state index contributed by atoms with van der Waals surface area (Å²) in [4.78, 5) is 0. The van der Waals surface area contributed by atoms with Gasteiger partial charge in [-0.2, -0.15) is 11.8 Å². The van der Waals surface area contributed by atoms with Crippen molar-refractivity contribution < 1.29 is 9.47 Å². The Kier molecular flexibility index (Phi) is 6.89. The molecule has 18 heavy (non-hydrogen) atoms. The van der Waals surface area contributed by atoms with Crippen LogP contribution in [0, 0.1) is 0 Å². The smallest absolute Gasteiger partial charge is 0.133 e. The van der Waals surface area contributed by atoms with Crippen molar-refractivity contribution in [3.05, 3.63) is 22.2 Å². The molecule has 0 bridgehead atoms. The molecule has 0 saturated heterocycles. The largest absolute Gasteiger partial charge is 0.496 e. The van der Waals surface area contributed by atoms with Gasteiger partial charge < -0.3 is 15.2 Å². The summed E-state index contributed by atoms with van der Waals surface area (Å²) in [5, 5.41) is 0. The van der Waals surface area contributed by atoms with Crippen molar-refractivity contribution >= 4 is 27.7 Å². The number of methoxy groups -OCH3 is 2. The molecule has 1 aromatic carbocycles. The van der Waals surface area contributed by atoms with Gasteiger partial charge in [-0.25, -0.2) is 0 Å². The second-order valence-corrected chi connectivity index (χ2v) is 5.87. The number of hydrogen-bond donors (Lipinski definition) is 1. The van der Waals surface area contributed by atoms with Crippen LogP contribution in [0.1, 0.15) is 18.9 Å². The van der Waals surface area contributed by atoms with Gasteiger partial charge in [-0.1, -0.05) is 6.92 Å². The number of benzene rings is 1. The van der Waals surface area contributed by atoms with Crippen LogP contribution in [0.5, 0.6) is 11.5 Å². The number of hydrogen-bond acceptors (Lipinski definition) is 4. The highest BCUT2D eigenvalue weighted by Gasteiger charge is 2.10. The minimum Gasteiger partial charge on any atom is -0.496 e. The average Bonchev–Trinajstić information content (AvgIpc) is 2.39. The standard InChI is InChI=1S/C13H20BrNO2S/c1-4-10(15)8-18-7-9-5-13(17-3)11(14)6-12(9)16-2/h5-6,10H,4,7-8,15H2,1-3H3. The van der Waals surface area contributed by atoms with E-state index in [4.69, 9.17) is 15.2 Å². The van der Waals surface area contributed by atoms with E-state index in [2.05, 4.69) is 22.9 Å². The van der Waals surface area contributed by atoms with E-state index in [-0.39, 0.29) is 6.04 Å². The Morgan fingerprint density at radius 2 is 1.94 bits per heavy atom. The molecule has 0 amide bonds. The SMILES string of the molecule is CCC(N)CSCc1cc(OC)c(Br)cc1OC. The monoisotopic (exact) mass is 333 g/mol. The number of rotatable bonds is 7. The molecule has 0 fully saturated rings. The normalized spacial score (nSPS) is 12.3. The molecule has 0 aliphatic carbocycles. The maximum Gasteiger partial charge on any atom is 0.133 e. The molecule has 0 radical (unpaired) electrons. The van der Waals surface area contributed by atoms with Crippen LogP contribution < -0.4 is 15.2 Å². The third-order valence-corrected chi connectivity index (χ3v) is 4.47. The van der Waals surface area contributed by atoms with Crippen molar-refractivity contribution in [3.8, 4) is 11.5 Å². The molecule has 1 aromatic rings. The predicted octanol–water partition coefficient (Wildman–Crippen LogP) is 3.44. The number of thioether (sulfide) groups is 1. The van der Waals surface area contributed by atoms with E-state index in [1.165, 1.54) is 0 Å². The van der Waals surface area contributed by atoms with E-state index < -0.39 is 0 Å². The van der Waals surface area contributed by atoms with Gasteiger partial charge in [0.05, 0.1) is 18.7 Å². The highest BCUT2D eigenvalue weighted by Crippen LogP contribution is 2.34. The second-order valence-electron chi connectivity index (χ2n) is 3.98. The summed E-state index contributed by atoms with van der Waals surface area (Å²) in [6, 6.07) is 4.21. The Bertz CT molecular complexity index is 387. The van der Waals surface area contributed by atoms with E-state index in [0.29, 0.717) is 0 Å². The molecule has 0 aliphatic heterocycles. The first-order valence-electron chi connectivity index (χ1n) is 5.86. The van der Waals surface area contributed by atoms with Gasteiger partial charge in [0, 0.05) is 23.1 Å². The highest BCUT2D eigenvalue weighted by atomic mass is 79.9. The maximum absolute atomic E-state index is 5.90. The summed E-state index contributed by atoms with van der Waals surface area (Å²) in [5.74, 6) is 3.53. The van der Waals surface area contributed by atoms with Crippen LogP contribution in [0.2, 0.25) is 0 Å². The number of ether oxygens (including phenoxy) is 2. The Morgan fingerprint density at radius 3 is 2.50 bits per heavy atom. The van der Waals surface area contributed by atoms with Crippen molar-refractivity contribution in [1.82, 2.24) is 0 Å². The van der Waals surface area contributed by atoms with Crippen molar-refractivity contribution in [2.75, 3.05) is 20.0 Å². The molecule has 3 nitrogen and oxygen atoms in total. The fourth-order valence-electron chi connectivity index (χ4n) is 1.47. The Balaban J connectivity index is 2.74. The molecular formula is C13H20BrNO2S. The summed E-state index contributed by atoms with van der Waals surface area (Å²) in [5.41, 5.74) is 7.03. The number of nitrogens with two attached hydrogens (primary N) is 1. The summed E-state index contributed by atoms with van der Waals surface area (Å²) in [6.07, 6.45) is 1.01. The topological polar surface area (TPSA) is 44.5 Å². The van der Waals surface area contributed by atoms with Gasteiger partial charge >= 0.3 is 0 Å². The molecule has 1 atom stereocenters. The molecule has 0 aromatic heterocycles. The quantitative estimate of drug-likeness (QED) is 0.830. The van der Waals surface area contributed by atoms with Crippen LogP contribution in [0.15, 0.2) is 16.6 Å². The van der Waals surface area contributed by atoms with Gasteiger partial charge in [0.15, 0.2) is 0 Å². The van der Waals surface area contributed by atoms with E-state index in [9.17, 15) is 0 Å². The van der Waals surface area contributed by atoms with E-state index in [1.54, 1.807) is 14.2 Å². The van der Waals surface area contributed by atoms with Crippen molar-refractivity contribution in [1.29, 1.82) is 0 Å². The fourth-order valence-corrected chi connectivity index (χ4v) is 3.06. The summed E-state index contributed by atoms with van der Waals surface area (Å²) >= 11 is 5.27.